The van der Waals surface area contributed by atoms with E-state index in [1.54, 1.807) is 42.7 Å². The van der Waals surface area contributed by atoms with Gasteiger partial charge in [0.05, 0.1) is 4.92 Å². The van der Waals surface area contributed by atoms with E-state index in [0.29, 0.717) is 23.2 Å². The zero-order valence-corrected chi connectivity index (χ0v) is 19.5. The Kier molecular flexibility index (Phi) is 8.89. The molecular weight excluding hydrogens is 428 g/mol. The maximum Gasteiger partial charge on any atom is 0.270 e. The van der Waals surface area contributed by atoms with Crippen molar-refractivity contribution in [1.29, 1.82) is 0 Å². The lowest BCUT2D eigenvalue weighted by Gasteiger charge is -2.19. The first kappa shape index (κ1) is 24.6. The number of nitrogens with one attached hydrogen (secondary N) is 1. The first-order valence-corrected chi connectivity index (χ1v) is 11.3. The van der Waals surface area contributed by atoms with Gasteiger partial charge in [-0.1, -0.05) is 25.7 Å². The van der Waals surface area contributed by atoms with Crippen LogP contribution >= 0.6 is 0 Å². The first-order chi connectivity index (χ1) is 16.5. The van der Waals surface area contributed by atoms with Gasteiger partial charge in [0.25, 0.3) is 11.6 Å². The molecule has 1 N–H and O–H groups in total. The minimum absolute atomic E-state index is 0.0188. The van der Waals surface area contributed by atoms with Crippen LogP contribution in [0.25, 0.3) is 11.1 Å². The number of hydrogen-bond acceptors (Lipinski definition) is 5. The zero-order chi connectivity index (χ0) is 24.3. The van der Waals surface area contributed by atoms with E-state index in [2.05, 4.69) is 40.9 Å². The Morgan fingerprint density at radius 3 is 2.41 bits per heavy atom. The number of pyridine rings is 1. The molecule has 0 aliphatic rings. The van der Waals surface area contributed by atoms with E-state index in [1.807, 2.05) is 12.1 Å². The highest BCUT2D eigenvalue weighted by molar-refractivity contribution is 5.94. The lowest BCUT2D eigenvalue weighted by Crippen LogP contribution is -2.35. The molecule has 3 rings (SSSR count). The molecule has 0 fully saturated rings. The van der Waals surface area contributed by atoms with Crippen molar-refractivity contribution in [3.05, 3.63) is 93.8 Å². The number of carbonyl (C=O) groups is 1. The van der Waals surface area contributed by atoms with Crippen LogP contribution in [0.3, 0.4) is 0 Å². The van der Waals surface area contributed by atoms with E-state index in [9.17, 15) is 14.9 Å². The molecule has 7 heteroatoms. The molecule has 0 radical (unpaired) electrons. The van der Waals surface area contributed by atoms with Crippen LogP contribution in [0.2, 0.25) is 0 Å². The standard InChI is InChI=1S/C27H28N4O3/c1-3-18-30(4-2)19-17-29-27(32)23-8-5-21(6-9-23)7-10-24-20-25(31(33)34)11-12-26(24)22-13-15-28-16-14-22/h5-6,8-9,11-16,20H,3-4,17-19H2,1-2H3,(H,29,32). The van der Waals surface area contributed by atoms with Gasteiger partial charge in [-0.2, -0.15) is 0 Å². The number of nitrogens with zero attached hydrogens (tertiary/aromatic N) is 3. The second-order valence-corrected chi connectivity index (χ2v) is 7.74. The number of rotatable bonds is 9. The van der Waals surface area contributed by atoms with E-state index >= 15 is 0 Å². The molecule has 3 aromatic rings. The third kappa shape index (κ3) is 6.74. The number of benzene rings is 2. The first-order valence-electron chi connectivity index (χ1n) is 11.3. The number of amides is 1. The lowest BCUT2D eigenvalue weighted by atomic mass is 10.00. The number of hydrogen-bond donors (Lipinski definition) is 1. The Hall–Kier alpha value is -4.02. The molecule has 0 atom stereocenters. The minimum atomic E-state index is -0.434. The summed E-state index contributed by atoms with van der Waals surface area (Å²) in [6.07, 6.45) is 4.42. The maximum atomic E-state index is 12.4. The number of nitro benzene ring substituents is 1. The Morgan fingerprint density at radius 1 is 1.03 bits per heavy atom. The Labute approximate surface area is 200 Å². The second-order valence-electron chi connectivity index (χ2n) is 7.74. The summed E-state index contributed by atoms with van der Waals surface area (Å²) in [5, 5.41) is 14.2. The third-order valence-corrected chi connectivity index (χ3v) is 5.39. The molecule has 1 amide bonds. The highest BCUT2D eigenvalue weighted by atomic mass is 16.6. The third-order valence-electron chi connectivity index (χ3n) is 5.39. The maximum absolute atomic E-state index is 12.4. The summed E-state index contributed by atoms with van der Waals surface area (Å²) in [5.74, 6) is 5.99. The zero-order valence-electron chi connectivity index (χ0n) is 19.5. The van der Waals surface area contributed by atoms with Crippen molar-refractivity contribution >= 4 is 11.6 Å². The molecule has 0 saturated heterocycles. The molecule has 174 valence electrons. The van der Waals surface area contributed by atoms with Crippen LogP contribution in [0, 0.1) is 22.0 Å². The fraction of sp³-hybridized carbons (Fsp3) is 0.259. The van der Waals surface area contributed by atoms with Crippen molar-refractivity contribution in [3.63, 3.8) is 0 Å². The second kappa shape index (κ2) is 12.3. The highest BCUT2D eigenvalue weighted by Crippen LogP contribution is 2.26. The van der Waals surface area contributed by atoms with Gasteiger partial charge in [-0.3, -0.25) is 19.9 Å². The molecule has 1 aromatic heterocycles. The summed E-state index contributed by atoms with van der Waals surface area (Å²) in [6, 6.07) is 15.3. The van der Waals surface area contributed by atoms with Gasteiger partial charge in [-0.15, -0.1) is 0 Å². The van der Waals surface area contributed by atoms with Crippen molar-refractivity contribution < 1.29 is 9.72 Å². The van der Waals surface area contributed by atoms with Crippen LogP contribution < -0.4 is 5.32 Å². The number of nitro groups is 1. The van der Waals surface area contributed by atoms with Gasteiger partial charge in [-0.05, 0) is 73.1 Å². The summed E-state index contributed by atoms with van der Waals surface area (Å²) in [4.78, 5) is 29.6. The lowest BCUT2D eigenvalue weighted by molar-refractivity contribution is -0.384. The van der Waals surface area contributed by atoms with Crippen LogP contribution in [0.4, 0.5) is 5.69 Å². The molecule has 0 saturated carbocycles. The molecule has 0 aliphatic carbocycles. The fourth-order valence-electron chi connectivity index (χ4n) is 3.55. The fourth-order valence-corrected chi connectivity index (χ4v) is 3.55. The Morgan fingerprint density at radius 2 is 1.76 bits per heavy atom. The van der Waals surface area contributed by atoms with Gasteiger partial charge in [0, 0.05) is 54.3 Å². The average molecular weight is 457 g/mol. The number of likely N-dealkylation sites (N-methyl/N-ethyl adjacent to an activating group) is 1. The van der Waals surface area contributed by atoms with Gasteiger partial charge in [0.15, 0.2) is 0 Å². The van der Waals surface area contributed by atoms with E-state index in [-0.39, 0.29) is 11.6 Å². The number of non-ortho nitro benzene ring substituents is 1. The quantitative estimate of drug-likeness (QED) is 0.291. The summed E-state index contributed by atoms with van der Waals surface area (Å²) < 4.78 is 0. The minimum Gasteiger partial charge on any atom is -0.351 e. The monoisotopic (exact) mass is 456 g/mol. The molecule has 2 aromatic carbocycles. The molecule has 0 aliphatic heterocycles. The van der Waals surface area contributed by atoms with Crippen molar-refractivity contribution in [1.82, 2.24) is 15.2 Å². The summed E-state index contributed by atoms with van der Waals surface area (Å²) in [6.45, 7) is 7.66. The predicted molar refractivity (Wildman–Crippen MR) is 133 cm³/mol. The summed E-state index contributed by atoms with van der Waals surface area (Å²) in [7, 11) is 0. The molecule has 1 heterocycles. The molecule has 7 nitrogen and oxygen atoms in total. The van der Waals surface area contributed by atoms with Crippen LogP contribution in [-0.4, -0.2) is 46.9 Å². The van der Waals surface area contributed by atoms with Crippen LogP contribution in [0.1, 0.15) is 41.8 Å². The number of carbonyl (C=O) groups excluding carboxylic acids is 1. The Bertz CT molecular complexity index is 1180. The van der Waals surface area contributed by atoms with Gasteiger partial charge in [0.1, 0.15) is 0 Å². The normalized spacial score (nSPS) is 10.4. The predicted octanol–water partition coefficient (Wildman–Crippen LogP) is 4.52. The summed E-state index contributed by atoms with van der Waals surface area (Å²) in [5.41, 5.74) is 3.48. The van der Waals surface area contributed by atoms with Crippen LogP contribution in [0.5, 0.6) is 0 Å². The topological polar surface area (TPSA) is 88.4 Å². The van der Waals surface area contributed by atoms with Crippen molar-refractivity contribution in [2.45, 2.75) is 20.3 Å². The van der Waals surface area contributed by atoms with Crippen molar-refractivity contribution in [3.8, 4) is 23.0 Å². The van der Waals surface area contributed by atoms with Gasteiger partial charge >= 0.3 is 0 Å². The van der Waals surface area contributed by atoms with Gasteiger partial charge in [0.2, 0.25) is 0 Å². The molecule has 0 unspecified atom stereocenters. The largest absolute Gasteiger partial charge is 0.351 e. The van der Waals surface area contributed by atoms with Gasteiger partial charge < -0.3 is 10.2 Å². The number of aromatic nitrogens is 1. The highest BCUT2D eigenvalue weighted by Gasteiger charge is 2.11. The van der Waals surface area contributed by atoms with Gasteiger partial charge in [-0.25, -0.2) is 0 Å². The molecule has 34 heavy (non-hydrogen) atoms. The van der Waals surface area contributed by atoms with Crippen molar-refractivity contribution in [2.75, 3.05) is 26.2 Å². The smallest absolute Gasteiger partial charge is 0.270 e. The molecule has 0 spiro atoms. The average Bonchev–Trinajstić information content (AvgIpc) is 2.87. The molecular formula is C27H28N4O3. The van der Waals surface area contributed by atoms with E-state index in [1.165, 1.54) is 12.1 Å². The van der Waals surface area contributed by atoms with Crippen LogP contribution in [-0.2, 0) is 0 Å². The molecule has 0 bridgehead atoms. The Balaban J connectivity index is 1.73. The van der Waals surface area contributed by atoms with E-state index in [0.717, 1.165) is 37.2 Å². The van der Waals surface area contributed by atoms with Crippen molar-refractivity contribution in [2.24, 2.45) is 0 Å². The van der Waals surface area contributed by atoms with Crippen LogP contribution in [0.15, 0.2) is 67.0 Å². The summed E-state index contributed by atoms with van der Waals surface area (Å²) >= 11 is 0. The van der Waals surface area contributed by atoms with E-state index < -0.39 is 4.92 Å². The SMILES string of the molecule is CCCN(CC)CCNC(=O)c1ccc(C#Cc2cc([N+](=O)[O-])ccc2-c2ccncc2)cc1. The van der Waals surface area contributed by atoms with E-state index in [4.69, 9.17) is 0 Å².